The molecule has 14 heavy (non-hydrogen) atoms. The Morgan fingerprint density at radius 2 is 2.07 bits per heavy atom. The molecule has 0 heterocycles. The molecule has 0 radical (unpaired) electrons. The van der Waals surface area contributed by atoms with Gasteiger partial charge in [-0.1, -0.05) is 0 Å². The molecule has 0 spiro atoms. The van der Waals surface area contributed by atoms with Gasteiger partial charge < -0.3 is 9.45 Å². The number of benzene rings is 1. The fourth-order valence-electron chi connectivity index (χ4n) is 0.758. The van der Waals surface area contributed by atoms with Crippen LogP contribution in [-0.4, -0.2) is 15.4 Å². The van der Waals surface area contributed by atoms with Crippen molar-refractivity contribution in [2.75, 3.05) is 5.94 Å². The SMILES string of the molecule is O=[PH](O)OC[S@@+]([O-])c1ccc(F)cc1. The quantitative estimate of drug-likeness (QED) is 0.633. The zero-order valence-corrected chi connectivity index (χ0v) is 8.79. The Bertz CT molecular complexity index is 318. The lowest BCUT2D eigenvalue weighted by atomic mass is 10.4. The smallest absolute Gasteiger partial charge is 0.320 e. The zero-order chi connectivity index (χ0) is 10.6. The maximum absolute atomic E-state index is 12.4. The molecule has 1 unspecified atom stereocenters. The highest BCUT2D eigenvalue weighted by Gasteiger charge is 2.11. The highest BCUT2D eigenvalue weighted by molar-refractivity contribution is 7.91. The fraction of sp³-hybridized carbons (Fsp3) is 0.143. The minimum Gasteiger partial charge on any atom is -0.610 e. The third kappa shape index (κ3) is 3.77. The van der Waals surface area contributed by atoms with E-state index < -0.39 is 25.2 Å². The summed E-state index contributed by atoms with van der Waals surface area (Å²) in [5.74, 6) is -0.790. The second-order valence-corrected chi connectivity index (χ2v) is 4.55. The lowest BCUT2D eigenvalue weighted by Crippen LogP contribution is -2.07. The molecule has 0 aromatic heterocycles. The van der Waals surface area contributed by atoms with Gasteiger partial charge in [0, 0.05) is 11.2 Å². The van der Waals surface area contributed by atoms with Gasteiger partial charge in [0.2, 0.25) is 5.94 Å². The van der Waals surface area contributed by atoms with E-state index >= 15 is 0 Å². The molecule has 7 heteroatoms. The lowest BCUT2D eigenvalue weighted by molar-refractivity contribution is 0.322. The maximum Gasteiger partial charge on any atom is 0.320 e. The Balaban J connectivity index is 2.56. The topological polar surface area (TPSA) is 69.6 Å². The number of halogens is 1. The van der Waals surface area contributed by atoms with Crippen LogP contribution in [0.15, 0.2) is 29.2 Å². The van der Waals surface area contributed by atoms with E-state index in [0.717, 1.165) is 12.1 Å². The number of hydrogen-bond donors (Lipinski definition) is 1. The van der Waals surface area contributed by atoms with E-state index in [1.165, 1.54) is 12.1 Å². The molecule has 1 rings (SSSR count). The molecule has 1 aromatic rings. The predicted molar refractivity (Wildman–Crippen MR) is 50.0 cm³/mol. The first kappa shape index (κ1) is 11.7. The molecule has 0 amide bonds. The standard InChI is InChI=1S/C7H8FO4PS/c8-6-1-3-7(4-2-6)14(11)5-12-13(9)10/h1-4,13H,5H2,(H,9,10)/t14-/m1/s1. The summed E-state index contributed by atoms with van der Waals surface area (Å²) in [6.45, 7) is 0. The minimum atomic E-state index is -3.06. The van der Waals surface area contributed by atoms with Crippen molar-refractivity contribution >= 4 is 19.4 Å². The molecule has 0 aliphatic heterocycles. The summed E-state index contributed by atoms with van der Waals surface area (Å²) in [4.78, 5) is 8.68. The molecular formula is C7H8FO4PS. The Labute approximate surface area is 83.8 Å². The van der Waals surface area contributed by atoms with Crippen LogP contribution in [0.2, 0.25) is 0 Å². The highest BCUT2D eigenvalue weighted by atomic mass is 32.2. The van der Waals surface area contributed by atoms with Crippen LogP contribution in [-0.2, 0) is 20.3 Å². The van der Waals surface area contributed by atoms with Crippen LogP contribution in [0.3, 0.4) is 0 Å². The van der Waals surface area contributed by atoms with Crippen LogP contribution in [0.5, 0.6) is 0 Å². The molecule has 0 fully saturated rings. The molecule has 0 bridgehead atoms. The summed E-state index contributed by atoms with van der Waals surface area (Å²) in [7, 11) is -3.06. The summed E-state index contributed by atoms with van der Waals surface area (Å²) in [6, 6.07) is 5.00. The summed E-state index contributed by atoms with van der Waals surface area (Å²) in [5, 5.41) is 0. The molecule has 2 atom stereocenters. The molecule has 0 aliphatic carbocycles. The summed E-state index contributed by atoms with van der Waals surface area (Å²) < 4.78 is 38.2. The van der Waals surface area contributed by atoms with Crippen LogP contribution < -0.4 is 0 Å². The van der Waals surface area contributed by atoms with Crippen molar-refractivity contribution in [1.29, 1.82) is 0 Å². The second kappa shape index (κ2) is 5.48. The Morgan fingerprint density at radius 1 is 1.50 bits per heavy atom. The largest absolute Gasteiger partial charge is 0.610 e. The summed E-state index contributed by atoms with van der Waals surface area (Å²) >= 11 is -1.54. The summed E-state index contributed by atoms with van der Waals surface area (Å²) in [5.41, 5.74) is 0. The van der Waals surface area contributed by atoms with Gasteiger partial charge >= 0.3 is 8.25 Å². The van der Waals surface area contributed by atoms with E-state index in [9.17, 15) is 13.5 Å². The monoisotopic (exact) mass is 238 g/mol. The van der Waals surface area contributed by atoms with E-state index in [1.54, 1.807) is 0 Å². The molecule has 0 saturated carbocycles. The molecule has 78 valence electrons. The van der Waals surface area contributed by atoms with Gasteiger partial charge in [-0.15, -0.1) is 0 Å². The van der Waals surface area contributed by atoms with Crippen LogP contribution in [0.25, 0.3) is 0 Å². The molecule has 4 nitrogen and oxygen atoms in total. The van der Waals surface area contributed by atoms with Crippen LogP contribution in [0, 0.1) is 5.82 Å². The van der Waals surface area contributed by atoms with Crippen molar-refractivity contribution in [2.45, 2.75) is 4.90 Å². The van der Waals surface area contributed by atoms with Crippen molar-refractivity contribution in [2.24, 2.45) is 0 Å². The normalized spacial score (nSPS) is 15.1. The van der Waals surface area contributed by atoms with Gasteiger partial charge in [-0.3, -0.25) is 9.09 Å². The third-order valence-electron chi connectivity index (χ3n) is 1.37. The van der Waals surface area contributed by atoms with Gasteiger partial charge in [0.25, 0.3) is 0 Å². The average Bonchev–Trinajstić information content (AvgIpc) is 2.15. The maximum atomic E-state index is 12.4. The zero-order valence-electron chi connectivity index (χ0n) is 6.97. The van der Waals surface area contributed by atoms with Crippen LogP contribution in [0.4, 0.5) is 4.39 Å². The predicted octanol–water partition coefficient (Wildman–Crippen LogP) is 1.29. The van der Waals surface area contributed by atoms with Crippen molar-refractivity contribution in [3.05, 3.63) is 30.1 Å². The molecule has 1 aromatic carbocycles. The average molecular weight is 238 g/mol. The van der Waals surface area contributed by atoms with E-state index in [-0.39, 0.29) is 5.94 Å². The highest BCUT2D eigenvalue weighted by Crippen LogP contribution is 2.19. The van der Waals surface area contributed by atoms with Gasteiger partial charge in [-0.25, -0.2) is 4.39 Å². The first-order chi connectivity index (χ1) is 6.59. The Kier molecular flexibility index (Phi) is 4.57. The molecule has 0 aliphatic rings. The fourth-order valence-corrected chi connectivity index (χ4v) is 2.17. The molecular weight excluding hydrogens is 230 g/mol. The first-order valence-electron chi connectivity index (χ1n) is 3.59. The van der Waals surface area contributed by atoms with Gasteiger partial charge in [0.1, 0.15) is 5.82 Å². The van der Waals surface area contributed by atoms with Crippen molar-refractivity contribution in [1.82, 2.24) is 0 Å². The minimum absolute atomic E-state index is 0.356. The van der Waals surface area contributed by atoms with E-state index in [1.807, 2.05) is 0 Å². The lowest BCUT2D eigenvalue weighted by Gasteiger charge is -2.08. The molecule has 0 saturated heterocycles. The summed E-state index contributed by atoms with van der Waals surface area (Å²) in [6.07, 6.45) is 0. The number of rotatable bonds is 4. The molecule has 1 N–H and O–H groups in total. The van der Waals surface area contributed by atoms with Gasteiger partial charge in [0.05, 0.1) is 0 Å². The number of hydrogen-bond acceptors (Lipinski definition) is 3. The third-order valence-corrected chi connectivity index (χ3v) is 3.10. The van der Waals surface area contributed by atoms with E-state index in [2.05, 4.69) is 4.52 Å². The Morgan fingerprint density at radius 3 is 2.57 bits per heavy atom. The van der Waals surface area contributed by atoms with Crippen molar-refractivity contribution in [3.8, 4) is 0 Å². The van der Waals surface area contributed by atoms with E-state index in [4.69, 9.17) is 4.89 Å². The van der Waals surface area contributed by atoms with Gasteiger partial charge in [-0.05, 0) is 24.3 Å². The van der Waals surface area contributed by atoms with E-state index in [0.29, 0.717) is 4.90 Å². The van der Waals surface area contributed by atoms with Crippen LogP contribution >= 0.6 is 8.25 Å². The Hall–Kier alpha value is -0.390. The van der Waals surface area contributed by atoms with Crippen molar-refractivity contribution < 1.29 is 22.9 Å². The van der Waals surface area contributed by atoms with Gasteiger partial charge in [0.15, 0.2) is 4.90 Å². The van der Waals surface area contributed by atoms with Crippen molar-refractivity contribution in [3.63, 3.8) is 0 Å². The first-order valence-corrected chi connectivity index (χ1v) is 6.17. The second-order valence-electron chi connectivity index (χ2n) is 2.33. The van der Waals surface area contributed by atoms with Gasteiger partial charge in [-0.2, -0.15) is 0 Å². The van der Waals surface area contributed by atoms with Crippen LogP contribution in [0.1, 0.15) is 0 Å².